The number of thiophene rings is 1. The summed E-state index contributed by atoms with van der Waals surface area (Å²) in [5.41, 5.74) is 5.50. The Hall–Kier alpha value is -0.470. The molecule has 0 atom stereocenters. The van der Waals surface area contributed by atoms with E-state index in [1.807, 2.05) is 0 Å². The summed E-state index contributed by atoms with van der Waals surface area (Å²) in [7, 11) is -1.82. The number of nitrogens with two attached hydrogens (primary N) is 1. The predicted octanol–water partition coefficient (Wildman–Crippen LogP) is 1.25. The molecule has 0 radical (unpaired) electrons. The zero-order valence-corrected chi connectivity index (χ0v) is 12.7. The Balaban J connectivity index is 1.86. The molecule has 0 aliphatic heterocycles. The van der Waals surface area contributed by atoms with Crippen molar-refractivity contribution < 1.29 is 13.2 Å². The van der Waals surface area contributed by atoms with Gasteiger partial charge >= 0.3 is 0 Å². The highest BCUT2D eigenvalue weighted by Crippen LogP contribution is 2.28. The van der Waals surface area contributed by atoms with Crippen LogP contribution in [0.15, 0.2) is 16.3 Å². The maximum Gasteiger partial charge on any atom is 0.252 e. The van der Waals surface area contributed by atoms with Gasteiger partial charge in [-0.1, -0.05) is 0 Å². The first kappa shape index (κ1) is 14.9. The van der Waals surface area contributed by atoms with E-state index in [2.05, 4.69) is 0 Å². The summed E-state index contributed by atoms with van der Waals surface area (Å²) in [5, 5.41) is 0. The van der Waals surface area contributed by atoms with Gasteiger partial charge in [-0.15, -0.1) is 11.3 Å². The van der Waals surface area contributed by atoms with Gasteiger partial charge in [-0.05, 0) is 30.9 Å². The first-order valence-electron chi connectivity index (χ1n) is 6.37. The van der Waals surface area contributed by atoms with E-state index in [0.717, 1.165) is 11.5 Å². The Morgan fingerprint density at radius 1 is 1.47 bits per heavy atom. The number of rotatable bonds is 8. The standard InChI is InChI=1S/C12H20N2O3S2/c1-14(6-7-17-9-10-2-3-10)19(15,16)12-5-4-11(8-13)18-12/h4-5,10H,2-3,6-9,13H2,1H3. The highest BCUT2D eigenvalue weighted by atomic mass is 32.2. The van der Waals surface area contributed by atoms with Gasteiger partial charge in [-0.25, -0.2) is 8.42 Å². The lowest BCUT2D eigenvalue weighted by molar-refractivity contribution is 0.117. The zero-order chi connectivity index (χ0) is 13.9. The molecule has 2 N–H and O–H groups in total. The molecule has 1 aromatic heterocycles. The molecule has 0 bridgehead atoms. The molecule has 108 valence electrons. The molecular formula is C12H20N2O3S2. The van der Waals surface area contributed by atoms with Crippen molar-refractivity contribution in [1.29, 1.82) is 0 Å². The van der Waals surface area contributed by atoms with E-state index < -0.39 is 10.0 Å². The minimum absolute atomic E-state index is 0.345. The lowest BCUT2D eigenvalue weighted by atomic mass is 10.5. The monoisotopic (exact) mass is 304 g/mol. The number of hydrogen-bond acceptors (Lipinski definition) is 5. The summed E-state index contributed by atoms with van der Waals surface area (Å²) in [6.45, 7) is 1.95. The number of sulfonamides is 1. The van der Waals surface area contributed by atoms with Crippen LogP contribution in [0.3, 0.4) is 0 Å². The molecule has 1 aromatic rings. The Labute approximate surface area is 118 Å². The highest BCUT2D eigenvalue weighted by molar-refractivity contribution is 7.91. The van der Waals surface area contributed by atoms with E-state index in [-0.39, 0.29) is 0 Å². The van der Waals surface area contributed by atoms with Gasteiger partial charge in [0, 0.05) is 31.6 Å². The maximum atomic E-state index is 12.2. The molecule has 5 nitrogen and oxygen atoms in total. The molecule has 1 saturated carbocycles. The Morgan fingerprint density at radius 2 is 2.21 bits per heavy atom. The van der Waals surface area contributed by atoms with Crippen molar-refractivity contribution in [2.24, 2.45) is 11.7 Å². The summed E-state index contributed by atoms with van der Waals surface area (Å²) in [6, 6.07) is 3.37. The van der Waals surface area contributed by atoms with Crippen molar-refractivity contribution in [3.05, 3.63) is 17.0 Å². The molecule has 0 amide bonds. The molecule has 19 heavy (non-hydrogen) atoms. The van der Waals surface area contributed by atoms with Crippen LogP contribution >= 0.6 is 11.3 Å². The largest absolute Gasteiger partial charge is 0.380 e. The van der Waals surface area contributed by atoms with Crippen LogP contribution in [0, 0.1) is 5.92 Å². The van der Waals surface area contributed by atoms with Crippen molar-refractivity contribution in [1.82, 2.24) is 4.31 Å². The quantitative estimate of drug-likeness (QED) is 0.734. The summed E-state index contributed by atoms with van der Waals surface area (Å²) >= 11 is 1.23. The topological polar surface area (TPSA) is 72.6 Å². The molecule has 0 spiro atoms. The Bertz CT molecular complexity index is 509. The van der Waals surface area contributed by atoms with Gasteiger partial charge in [0.2, 0.25) is 0 Å². The van der Waals surface area contributed by atoms with Crippen LogP contribution in [0.1, 0.15) is 17.7 Å². The number of hydrogen-bond donors (Lipinski definition) is 1. The van der Waals surface area contributed by atoms with Crippen molar-refractivity contribution in [3.63, 3.8) is 0 Å². The van der Waals surface area contributed by atoms with Crippen LogP contribution in [0.2, 0.25) is 0 Å². The Kier molecular flexibility index (Phi) is 4.97. The summed E-state index contributed by atoms with van der Waals surface area (Å²) in [4.78, 5) is 0.872. The first-order chi connectivity index (χ1) is 9.04. The molecule has 1 aliphatic rings. The van der Waals surface area contributed by atoms with Crippen LogP contribution in [-0.2, 0) is 21.3 Å². The molecular weight excluding hydrogens is 284 g/mol. The third-order valence-corrected chi connectivity index (χ3v) is 6.54. The van der Waals surface area contributed by atoms with Crippen molar-refractivity contribution in [2.75, 3.05) is 26.8 Å². The molecule has 0 saturated heterocycles. The number of likely N-dealkylation sites (N-methyl/N-ethyl adjacent to an activating group) is 1. The van der Waals surface area contributed by atoms with E-state index in [4.69, 9.17) is 10.5 Å². The third-order valence-electron chi connectivity index (χ3n) is 3.10. The van der Waals surface area contributed by atoms with Crippen LogP contribution in [-0.4, -0.2) is 39.5 Å². The molecule has 1 aliphatic carbocycles. The van der Waals surface area contributed by atoms with Gasteiger partial charge in [0.1, 0.15) is 4.21 Å². The molecule has 0 unspecified atom stereocenters. The van der Waals surface area contributed by atoms with Gasteiger partial charge in [0.25, 0.3) is 10.0 Å². The van der Waals surface area contributed by atoms with Gasteiger partial charge in [-0.3, -0.25) is 0 Å². The fraction of sp³-hybridized carbons (Fsp3) is 0.667. The van der Waals surface area contributed by atoms with Crippen LogP contribution in [0.25, 0.3) is 0 Å². The van der Waals surface area contributed by atoms with Crippen LogP contribution < -0.4 is 5.73 Å². The zero-order valence-electron chi connectivity index (χ0n) is 11.0. The van der Waals surface area contributed by atoms with Gasteiger partial charge < -0.3 is 10.5 Å². The molecule has 7 heteroatoms. The number of nitrogens with zero attached hydrogens (tertiary/aromatic N) is 1. The van der Waals surface area contributed by atoms with E-state index >= 15 is 0 Å². The van der Waals surface area contributed by atoms with E-state index in [9.17, 15) is 8.42 Å². The molecule has 2 rings (SSSR count). The van der Waals surface area contributed by atoms with E-state index in [1.165, 1.54) is 28.5 Å². The molecule has 0 aromatic carbocycles. The minimum Gasteiger partial charge on any atom is -0.380 e. The summed E-state index contributed by atoms with van der Waals surface area (Å²) in [5.74, 6) is 0.700. The third kappa shape index (κ3) is 4.00. The van der Waals surface area contributed by atoms with Crippen molar-refractivity contribution in [2.45, 2.75) is 23.6 Å². The Morgan fingerprint density at radius 3 is 2.79 bits per heavy atom. The fourth-order valence-corrected chi connectivity index (χ4v) is 4.21. The normalized spacial score (nSPS) is 16.2. The molecule has 1 fully saturated rings. The first-order valence-corrected chi connectivity index (χ1v) is 8.62. The summed E-state index contributed by atoms with van der Waals surface area (Å²) in [6.07, 6.45) is 2.48. The SMILES string of the molecule is CN(CCOCC1CC1)S(=O)(=O)c1ccc(CN)s1. The van der Waals surface area contributed by atoms with Crippen molar-refractivity contribution >= 4 is 21.4 Å². The van der Waals surface area contributed by atoms with Gasteiger partial charge in [-0.2, -0.15) is 4.31 Å². The lowest BCUT2D eigenvalue weighted by Crippen LogP contribution is -2.30. The van der Waals surface area contributed by atoms with E-state index in [0.29, 0.717) is 29.8 Å². The van der Waals surface area contributed by atoms with E-state index in [1.54, 1.807) is 19.2 Å². The second-order valence-corrected chi connectivity index (χ2v) is 8.21. The van der Waals surface area contributed by atoms with Crippen molar-refractivity contribution in [3.8, 4) is 0 Å². The maximum absolute atomic E-state index is 12.2. The smallest absolute Gasteiger partial charge is 0.252 e. The van der Waals surface area contributed by atoms with Gasteiger partial charge in [0.05, 0.1) is 6.61 Å². The number of ether oxygens (including phenoxy) is 1. The molecule has 1 heterocycles. The average Bonchev–Trinajstić information content (AvgIpc) is 3.07. The van der Waals surface area contributed by atoms with Crippen LogP contribution in [0.4, 0.5) is 0 Å². The second kappa shape index (κ2) is 6.32. The lowest BCUT2D eigenvalue weighted by Gasteiger charge is -2.15. The second-order valence-electron chi connectivity index (χ2n) is 4.77. The van der Waals surface area contributed by atoms with Crippen LogP contribution in [0.5, 0.6) is 0 Å². The average molecular weight is 304 g/mol. The minimum atomic E-state index is -3.40. The highest BCUT2D eigenvalue weighted by Gasteiger charge is 2.24. The fourth-order valence-electron chi connectivity index (χ4n) is 1.61. The predicted molar refractivity (Wildman–Crippen MR) is 75.6 cm³/mol. The van der Waals surface area contributed by atoms with Gasteiger partial charge in [0.15, 0.2) is 0 Å². The summed E-state index contributed by atoms with van der Waals surface area (Å²) < 4.78 is 31.6.